The third-order valence-electron chi connectivity index (χ3n) is 2.61. The van der Waals surface area contributed by atoms with Crippen molar-refractivity contribution in [2.24, 2.45) is 0 Å². The summed E-state index contributed by atoms with van der Waals surface area (Å²) in [7, 11) is 2.01. The predicted molar refractivity (Wildman–Crippen MR) is 80.8 cm³/mol. The number of thiophene rings is 1. The van der Waals surface area contributed by atoms with Gasteiger partial charge in [0.15, 0.2) is 0 Å². The van der Waals surface area contributed by atoms with E-state index in [2.05, 4.69) is 26.7 Å². The smallest absolute Gasteiger partial charge is 0.239 e. The van der Waals surface area contributed by atoms with Crippen LogP contribution < -0.4 is 15.4 Å². The van der Waals surface area contributed by atoms with Crippen LogP contribution in [-0.4, -0.2) is 18.1 Å². The number of aromatic nitrogens is 1. The van der Waals surface area contributed by atoms with Crippen LogP contribution in [0.15, 0.2) is 29.0 Å². The first-order chi connectivity index (χ1) is 9.06. The highest BCUT2D eigenvalue weighted by atomic mass is 32.1. The largest absolute Gasteiger partial charge is 0.473 e. The molecule has 2 heterocycles. The molecule has 0 aliphatic carbocycles. The third kappa shape index (κ3) is 3.61. The van der Waals surface area contributed by atoms with E-state index in [1.54, 1.807) is 11.3 Å². The molecule has 19 heavy (non-hydrogen) atoms. The average molecular weight is 277 g/mol. The molecule has 5 heteroatoms. The Morgan fingerprint density at radius 1 is 1.37 bits per heavy atom. The van der Waals surface area contributed by atoms with E-state index in [-0.39, 0.29) is 6.10 Å². The lowest BCUT2D eigenvalue weighted by molar-refractivity contribution is 0.234. The summed E-state index contributed by atoms with van der Waals surface area (Å²) < 4.78 is 5.61. The van der Waals surface area contributed by atoms with Crippen LogP contribution in [0, 0.1) is 0 Å². The normalized spacial score (nSPS) is 10.7. The standard InChI is InChI=1S/C14H19N3OS/c1-10(2)18-14-12(15)4-5-13(16-14)17(3)8-11-6-7-19-9-11/h4-7,9-10H,8,15H2,1-3H3. The molecule has 0 aromatic carbocycles. The number of nitrogens with zero attached hydrogens (tertiary/aromatic N) is 2. The van der Waals surface area contributed by atoms with Gasteiger partial charge in [-0.2, -0.15) is 16.3 Å². The zero-order chi connectivity index (χ0) is 13.8. The van der Waals surface area contributed by atoms with Gasteiger partial charge in [-0.3, -0.25) is 0 Å². The Kier molecular flexibility index (Phi) is 4.27. The second-order valence-corrected chi connectivity index (χ2v) is 5.50. The average Bonchev–Trinajstić information content (AvgIpc) is 2.84. The minimum absolute atomic E-state index is 0.0622. The van der Waals surface area contributed by atoms with Gasteiger partial charge < -0.3 is 15.4 Å². The van der Waals surface area contributed by atoms with Crippen LogP contribution in [0.4, 0.5) is 11.5 Å². The monoisotopic (exact) mass is 277 g/mol. The molecule has 2 aromatic rings. The van der Waals surface area contributed by atoms with E-state index >= 15 is 0 Å². The molecule has 2 aromatic heterocycles. The van der Waals surface area contributed by atoms with Gasteiger partial charge >= 0.3 is 0 Å². The van der Waals surface area contributed by atoms with Crippen LogP contribution in [0.25, 0.3) is 0 Å². The van der Waals surface area contributed by atoms with Crippen molar-refractivity contribution < 1.29 is 4.74 Å². The van der Waals surface area contributed by atoms with Gasteiger partial charge in [0.1, 0.15) is 5.82 Å². The summed E-state index contributed by atoms with van der Waals surface area (Å²) >= 11 is 1.70. The van der Waals surface area contributed by atoms with Gasteiger partial charge in [-0.25, -0.2) is 0 Å². The Morgan fingerprint density at radius 2 is 2.16 bits per heavy atom. The summed E-state index contributed by atoms with van der Waals surface area (Å²) in [6.45, 7) is 4.74. The Labute approximate surface area is 117 Å². The van der Waals surface area contributed by atoms with Crippen LogP contribution in [0.3, 0.4) is 0 Å². The summed E-state index contributed by atoms with van der Waals surface area (Å²) in [5.74, 6) is 1.36. The van der Waals surface area contributed by atoms with Crippen molar-refractivity contribution in [1.82, 2.24) is 4.98 Å². The highest BCUT2D eigenvalue weighted by molar-refractivity contribution is 7.07. The number of nitrogens with two attached hydrogens (primary N) is 1. The molecular formula is C14H19N3OS. The maximum Gasteiger partial charge on any atom is 0.239 e. The number of rotatable bonds is 5. The Morgan fingerprint density at radius 3 is 2.79 bits per heavy atom. The number of pyridine rings is 1. The van der Waals surface area contributed by atoms with E-state index in [9.17, 15) is 0 Å². The van der Waals surface area contributed by atoms with Crippen LogP contribution in [0.1, 0.15) is 19.4 Å². The molecular weight excluding hydrogens is 258 g/mol. The predicted octanol–water partition coefficient (Wildman–Crippen LogP) is 3.15. The molecule has 0 amide bonds. The first-order valence-corrected chi connectivity index (χ1v) is 7.16. The second kappa shape index (κ2) is 5.93. The van der Waals surface area contributed by atoms with Crippen molar-refractivity contribution in [2.75, 3.05) is 17.7 Å². The number of nitrogen functional groups attached to an aromatic ring is 1. The molecule has 0 atom stereocenters. The van der Waals surface area contributed by atoms with Gasteiger partial charge in [-0.05, 0) is 48.4 Å². The maximum absolute atomic E-state index is 5.87. The number of hydrogen-bond acceptors (Lipinski definition) is 5. The zero-order valence-electron chi connectivity index (χ0n) is 11.5. The minimum atomic E-state index is 0.0622. The first kappa shape index (κ1) is 13.7. The fraction of sp³-hybridized carbons (Fsp3) is 0.357. The van der Waals surface area contributed by atoms with E-state index in [4.69, 9.17) is 10.5 Å². The molecule has 0 radical (unpaired) electrons. The molecule has 0 spiro atoms. The van der Waals surface area contributed by atoms with Gasteiger partial charge in [-0.1, -0.05) is 0 Å². The molecule has 0 aliphatic rings. The molecule has 4 nitrogen and oxygen atoms in total. The van der Waals surface area contributed by atoms with Gasteiger partial charge in [0.2, 0.25) is 5.88 Å². The number of anilines is 2. The quantitative estimate of drug-likeness (QED) is 0.912. The lowest BCUT2D eigenvalue weighted by Gasteiger charge is -2.19. The molecule has 2 N–H and O–H groups in total. The van der Waals surface area contributed by atoms with Gasteiger partial charge in [0, 0.05) is 13.6 Å². The van der Waals surface area contributed by atoms with Crippen molar-refractivity contribution in [1.29, 1.82) is 0 Å². The van der Waals surface area contributed by atoms with E-state index in [0.29, 0.717) is 11.6 Å². The number of hydrogen-bond donors (Lipinski definition) is 1. The number of ether oxygens (including phenoxy) is 1. The fourth-order valence-electron chi connectivity index (χ4n) is 1.71. The Balaban J connectivity index is 2.15. The maximum atomic E-state index is 5.87. The van der Waals surface area contributed by atoms with Gasteiger partial charge in [0.25, 0.3) is 0 Å². The molecule has 0 unspecified atom stereocenters. The topological polar surface area (TPSA) is 51.4 Å². The van der Waals surface area contributed by atoms with Crippen LogP contribution in [0.2, 0.25) is 0 Å². The summed E-state index contributed by atoms with van der Waals surface area (Å²) in [6, 6.07) is 5.86. The van der Waals surface area contributed by atoms with E-state index in [1.807, 2.05) is 33.0 Å². The van der Waals surface area contributed by atoms with Crippen molar-refractivity contribution in [2.45, 2.75) is 26.5 Å². The molecule has 2 rings (SSSR count). The molecule has 0 aliphatic heterocycles. The molecule has 0 bridgehead atoms. The van der Waals surface area contributed by atoms with E-state index in [1.165, 1.54) is 5.56 Å². The zero-order valence-corrected chi connectivity index (χ0v) is 12.3. The second-order valence-electron chi connectivity index (χ2n) is 4.72. The third-order valence-corrected chi connectivity index (χ3v) is 3.35. The molecule has 0 saturated carbocycles. The fourth-order valence-corrected chi connectivity index (χ4v) is 2.37. The lowest BCUT2D eigenvalue weighted by atomic mass is 10.3. The molecule has 102 valence electrons. The van der Waals surface area contributed by atoms with Gasteiger partial charge in [-0.15, -0.1) is 0 Å². The van der Waals surface area contributed by atoms with Crippen LogP contribution in [0.5, 0.6) is 5.88 Å². The summed E-state index contributed by atoms with van der Waals surface area (Å²) in [6.07, 6.45) is 0.0622. The Hall–Kier alpha value is -1.75. The Bertz CT molecular complexity index is 525. The van der Waals surface area contributed by atoms with Crippen molar-refractivity contribution >= 4 is 22.8 Å². The summed E-state index contributed by atoms with van der Waals surface area (Å²) in [5, 5.41) is 4.21. The molecule has 0 fully saturated rings. The van der Waals surface area contributed by atoms with E-state index in [0.717, 1.165) is 12.4 Å². The minimum Gasteiger partial charge on any atom is -0.473 e. The summed E-state index contributed by atoms with van der Waals surface area (Å²) in [5.41, 5.74) is 7.72. The van der Waals surface area contributed by atoms with Crippen LogP contribution in [-0.2, 0) is 6.54 Å². The SMILES string of the molecule is CC(C)Oc1nc(N(C)Cc2ccsc2)ccc1N. The first-order valence-electron chi connectivity index (χ1n) is 6.21. The van der Waals surface area contributed by atoms with E-state index < -0.39 is 0 Å². The van der Waals surface area contributed by atoms with Crippen molar-refractivity contribution in [3.8, 4) is 5.88 Å². The highest BCUT2D eigenvalue weighted by Crippen LogP contribution is 2.24. The summed E-state index contributed by atoms with van der Waals surface area (Å²) in [4.78, 5) is 6.55. The lowest BCUT2D eigenvalue weighted by Crippen LogP contribution is -2.18. The molecule has 0 saturated heterocycles. The van der Waals surface area contributed by atoms with Crippen LogP contribution >= 0.6 is 11.3 Å². The van der Waals surface area contributed by atoms with Crippen molar-refractivity contribution in [3.63, 3.8) is 0 Å². The van der Waals surface area contributed by atoms with Gasteiger partial charge in [0.05, 0.1) is 11.8 Å². The highest BCUT2D eigenvalue weighted by Gasteiger charge is 2.10. The van der Waals surface area contributed by atoms with Crippen molar-refractivity contribution in [3.05, 3.63) is 34.5 Å².